The summed E-state index contributed by atoms with van der Waals surface area (Å²) in [6.07, 6.45) is 3.18. The van der Waals surface area contributed by atoms with Crippen molar-refractivity contribution in [2.75, 3.05) is 26.2 Å². The van der Waals surface area contributed by atoms with Gasteiger partial charge in [0.15, 0.2) is 0 Å². The van der Waals surface area contributed by atoms with E-state index in [2.05, 4.69) is 15.2 Å². The number of nitrogens with zero attached hydrogens (tertiary/aromatic N) is 5. The molecule has 1 saturated heterocycles. The van der Waals surface area contributed by atoms with Crippen LogP contribution >= 0.6 is 0 Å². The lowest BCUT2D eigenvalue weighted by Crippen LogP contribution is -2.48. The standard InChI is InChI=1S/C15H17N5O3/c21-11-19-7-9-20(10-8-19)14(22)5-4-13-17-18-15(23-13)12-3-1-2-6-16-12/h1-3,6,11H,4-5,7-10H2. The van der Waals surface area contributed by atoms with Crippen molar-refractivity contribution in [2.24, 2.45) is 0 Å². The van der Waals surface area contributed by atoms with Crippen LogP contribution in [0.25, 0.3) is 11.6 Å². The molecule has 8 nitrogen and oxygen atoms in total. The van der Waals surface area contributed by atoms with Gasteiger partial charge in [-0.1, -0.05) is 6.07 Å². The molecule has 0 spiro atoms. The van der Waals surface area contributed by atoms with E-state index in [1.165, 1.54) is 0 Å². The molecule has 0 bridgehead atoms. The van der Waals surface area contributed by atoms with E-state index in [9.17, 15) is 9.59 Å². The molecule has 1 aliphatic heterocycles. The van der Waals surface area contributed by atoms with Crippen LogP contribution in [0.3, 0.4) is 0 Å². The third kappa shape index (κ3) is 3.71. The fourth-order valence-corrected chi connectivity index (χ4v) is 2.40. The summed E-state index contributed by atoms with van der Waals surface area (Å²) >= 11 is 0. The Morgan fingerprint density at radius 3 is 2.74 bits per heavy atom. The summed E-state index contributed by atoms with van der Waals surface area (Å²) in [4.78, 5) is 30.4. The predicted octanol–water partition coefficient (Wildman–Crippen LogP) is 0.365. The molecule has 2 aromatic heterocycles. The van der Waals surface area contributed by atoms with Crippen molar-refractivity contribution in [2.45, 2.75) is 12.8 Å². The largest absolute Gasteiger partial charge is 0.419 e. The van der Waals surface area contributed by atoms with Gasteiger partial charge in [0.25, 0.3) is 5.89 Å². The van der Waals surface area contributed by atoms with Crippen molar-refractivity contribution < 1.29 is 14.0 Å². The van der Waals surface area contributed by atoms with Crippen LogP contribution in [0.2, 0.25) is 0 Å². The third-order valence-electron chi connectivity index (χ3n) is 3.72. The van der Waals surface area contributed by atoms with Crippen molar-refractivity contribution in [3.05, 3.63) is 30.3 Å². The smallest absolute Gasteiger partial charge is 0.266 e. The molecule has 23 heavy (non-hydrogen) atoms. The number of carbonyl (C=O) groups excluding carboxylic acids is 2. The van der Waals surface area contributed by atoms with Gasteiger partial charge in [0, 0.05) is 45.2 Å². The van der Waals surface area contributed by atoms with Crippen molar-refractivity contribution in [3.8, 4) is 11.6 Å². The van der Waals surface area contributed by atoms with Crippen LogP contribution < -0.4 is 0 Å². The quantitative estimate of drug-likeness (QED) is 0.740. The Balaban J connectivity index is 1.52. The fraction of sp³-hybridized carbons (Fsp3) is 0.400. The Labute approximate surface area is 133 Å². The normalized spacial score (nSPS) is 14.8. The number of aryl methyl sites for hydroxylation is 1. The monoisotopic (exact) mass is 315 g/mol. The van der Waals surface area contributed by atoms with Crippen LogP contribution in [0.1, 0.15) is 12.3 Å². The van der Waals surface area contributed by atoms with E-state index in [1.54, 1.807) is 22.1 Å². The first-order valence-corrected chi connectivity index (χ1v) is 7.47. The topological polar surface area (TPSA) is 92.4 Å². The summed E-state index contributed by atoms with van der Waals surface area (Å²) in [5, 5.41) is 7.90. The number of aromatic nitrogens is 3. The molecule has 2 aromatic rings. The Kier molecular flexibility index (Phi) is 4.60. The minimum Gasteiger partial charge on any atom is -0.419 e. The maximum atomic E-state index is 12.2. The zero-order chi connectivity index (χ0) is 16.1. The van der Waals surface area contributed by atoms with Crippen LogP contribution in [-0.4, -0.2) is 63.5 Å². The molecule has 1 fully saturated rings. The molecule has 3 rings (SSSR count). The van der Waals surface area contributed by atoms with Gasteiger partial charge < -0.3 is 14.2 Å². The molecule has 8 heteroatoms. The number of piperazine rings is 1. The van der Waals surface area contributed by atoms with E-state index in [0.717, 1.165) is 6.41 Å². The van der Waals surface area contributed by atoms with Gasteiger partial charge >= 0.3 is 0 Å². The van der Waals surface area contributed by atoms with Gasteiger partial charge in [0.2, 0.25) is 18.2 Å². The zero-order valence-corrected chi connectivity index (χ0v) is 12.6. The fourth-order valence-electron chi connectivity index (χ4n) is 2.40. The van der Waals surface area contributed by atoms with Crippen molar-refractivity contribution in [3.63, 3.8) is 0 Å². The third-order valence-corrected chi connectivity index (χ3v) is 3.72. The van der Waals surface area contributed by atoms with Gasteiger partial charge in [0.1, 0.15) is 5.69 Å². The van der Waals surface area contributed by atoms with Crippen molar-refractivity contribution >= 4 is 12.3 Å². The maximum Gasteiger partial charge on any atom is 0.266 e. The SMILES string of the molecule is O=CN1CCN(C(=O)CCc2nnc(-c3ccccn3)o2)CC1. The van der Waals surface area contributed by atoms with Gasteiger partial charge in [-0.2, -0.15) is 0 Å². The number of hydrogen-bond donors (Lipinski definition) is 0. The average Bonchev–Trinajstić information content (AvgIpc) is 3.09. The van der Waals surface area contributed by atoms with Gasteiger partial charge in [-0.3, -0.25) is 14.6 Å². The summed E-state index contributed by atoms with van der Waals surface area (Å²) in [5.74, 6) is 0.811. The molecule has 3 heterocycles. The molecular weight excluding hydrogens is 298 g/mol. The second-order valence-corrected chi connectivity index (χ2v) is 5.24. The second kappa shape index (κ2) is 6.99. The van der Waals surface area contributed by atoms with E-state index in [1.807, 2.05) is 12.1 Å². The molecule has 2 amide bonds. The molecule has 0 radical (unpaired) electrons. The van der Waals surface area contributed by atoms with E-state index >= 15 is 0 Å². The van der Waals surface area contributed by atoms with E-state index < -0.39 is 0 Å². The number of amides is 2. The van der Waals surface area contributed by atoms with Crippen LogP contribution in [-0.2, 0) is 16.0 Å². The lowest BCUT2D eigenvalue weighted by atomic mass is 10.2. The van der Waals surface area contributed by atoms with Gasteiger partial charge in [-0.05, 0) is 12.1 Å². The zero-order valence-electron chi connectivity index (χ0n) is 12.6. The second-order valence-electron chi connectivity index (χ2n) is 5.24. The van der Waals surface area contributed by atoms with Crippen LogP contribution in [0.4, 0.5) is 0 Å². The number of rotatable bonds is 5. The number of carbonyl (C=O) groups is 2. The lowest BCUT2D eigenvalue weighted by Gasteiger charge is -2.32. The first-order valence-electron chi connectivity index (χ1n) is 7.47. The molecule has 1 aliphatic rings. The Hall–Kier alpha value is -2.77. The summed E-state index contributed by atoms with van der Waals surface area (Å²) < 4.78 is 5.53. The minimum absolute atomic E-state index is 0.0353. The van der Waals surface area contributed by atoms with Crippen molar-refractivity contribution in [1.29, 1.82) is 0 Å². The molecule has 0 atom stereocenters. The highest BCUT2D eigenvalue weighted by Crippen LogP contribution is 2.15. The summed E-state index contributed by atoms with van der Waals surface area (Å²) in [7, 11) is 0. The Morgan fingerprint density at radius 2 is 2.04 bits per heavy atom. The first kappa shape index (κ1) is 15.1. The molecular formula is C15H17N5O3. The lowest BCUT2D eigenvalue weighted by molar-refractivity contribution is -0.135. The summed E-state index contributed by atoms with van der Waals surface area (Å²) in [5.41, 5.74) is 0.613. The summed E-state index contributed by atoms with van der Waals surface area (Å²) in [6.45, 7) is 2.31. The highest BCUT2D eigenvalue weighted by atomic mass is 16.4. The van der Waals surface area contributed by atoms with E-state index in [-0.39, 0.29) is 5.91 Å². The molecule has 0 unspecified atom stereocenters. The van der Waals surface area contributed by atoms with Crippen LogP contribution in [0.5, 0.6) is 0 Å². The Bertz CT molecular complexity index is 665. The number of pyridine rings is 1. The van der Waals surface area contributed by atoms with E-state index in [4.69, 9.17) is 4.42 Å². The van der Waals surface area contributed by atoms with Crippen LogP contribution in [0, 0.1) is 0 Å². The molecule has 120 valence electrons. The number of hydrogen-bond acceptors (Lipinski definition) is 6. The Morgan fingerprint density at radius 1 is 1.22 bits per heavy atom. The molecule has 0 aliphatic carbocycles. The highest BCUT2D eigenvalue weighted by molar-refractivity contribution is 5.76. The minimum atomic E-state index is 0.0353. The molecule has 0 aromatic carbocycles. The van der Waals surface area contributed by atoms with Crippen LogP contribution in [0.15, 0.2) is 28.8 Å². The van der Waals surface area contributed by atoms with Gasteiger partial charge in [-0.25, -0.2) is 0 Å². The highest BCUT2D eigenvalue weighted by Gasteiger charge is 2.20. The summed E-state index contributed by atoms with van der Waals surface area (Å²) in [6, 6.07) is 5.44. The van der Waals surface area contributed by atoms with Crippen molar-refractivity contribution in [1.82, 2.24) is 25.0 Å². The predicted molar refractivity (Wildman–Crippen MR) is 80.1 cm³/mol. The average molecular weight is 315 g/mol. The molecule has 0 saturated carbocycles. The molecule has 0 N–H and O–H groups in total. The van der Waals surface area contributed by atoms with Gasteiger partial charge in [-0.15, -0.1) is 10.2 Å². The van der Waals surface area contributed by atoms with Gasteiger partial charge in [0.05, 0.1) is 0 Å². The maximum absolute atomic E-state index is 12.2. The first-order chi connectivity index (χ1) is 11.3. The van der Waals surface area contributed by atoms with E-state index in [0.29, 0.717) is 56.5 Å².